The molecule has 0 N–H and O–H groups in total. The van der Waals surface area contributed by atoms with Gasteiger partial charge in [0.1, 0.15) is 46.6 Å². The van der Waals surface area contributed by atoms with Gasteiger partial charge in [0, 0.05) is 0 Å². The highest BCUT2D eigenvalue weighted by Crippen LogP contribution is 2.55. The molecule has 158 valence electrons. The Labute approximate surface area is 184 Å². The monoisotopic (exact) mass is 444 g/mol. The number of hydrogen-bond acceptors (Lipinski definition) is 4. The van der Waals surface area contributed by atoms with Crippen LogP contribution in [-0.4, -0.2) is 33.3 Å². The van der Waals surface area contributed by atoms with Crippen molar-refractivity contribution in [3.8, 4) is 17.2 Å². The van der Waals surface area contributed by atoms with E-state index in [4.69, 9.17) is 14.2 Å². The van der Waals surface area contributed by atoms with Crippen molar-refractivity contribution in [3.05, 3.63) is 72.8 Å². The molecule has 0 aliphatic carbocycles. The van der Waals surface area contributed by atoms with Gasteiger partial charge in [0.25, 0.3) is 0 Å². The Balaban J connectivity index is 0.00000320. The minimum absolute atomic E-state index is 0. The zero-order valence-electron chi connectivity index (χ0n) is 17.6. The average Bonchev–Trinajstić information content (AvgIpc) is 2.77. The summed E-state index contributed by atoms with van der Waals surface area (Å²) >= 11 is 0. The maximum absolute atomic E-state index is 12.5. The molecule has 3 rings (SSSR count). The van der Waals surface area contributed by atoms with Crippen molar-refractivity contribution in [2.24, 2.45) is 0 Å². The van der Waals surface area contributed by atoms with E-state index in [-0.39, 0.29) is 18.2 Å². The molecular formula is C24H26ClO4P. The minimum atomic E-state index is -2.22. The largest absolute Gasteiger partial charge is 1.00 e. The third kappa shape index (κ3) is 4.77. The molecule has 0 aliphatic rings. The van der Waals surface area contributed by atoms with Gasteiger partial charge in [-0.25, -0.2) is 0 Å². The Morgan fingerprint density at radius 3 is 1.10 bits per heavy atom. The van der Waals surface area contributed by atoms with Crippen LogP contribution >= 0.6 is 7.26 Å². The summed E-state index contributed by atoms with van der Waals surface area (Å²) in [5, 5.41) is 3.39. The van der Waals surface area contributed by atoms with Crippen molar-refractivity contribution in [3.63, 3.8) is 0 Å². The fourth-order valence-electron chi connectivity index (χ4n) is 3.57. The first-order valence-corrected chi connectivity index (χ1v) is 11.3. The molecule has 3 aromatic rings. The van der Waals surface area contributed by atoms with Crippen LogP contribution in [0.5, 0.6) is 17.2 Å². The van der Waals surface area contributed by atoms with E-state index in [2.05, 4.69) is 36.4 Å². The van der Waals surface area contributed by atoms with E-state index < -0.39 is 7.26 Å². The zero-order valence-corrected chi connectivity index (χ0v) is 19.2. The van der Waals surface area contributed by atoms with Crippen LogP contribution < -0.4 is 42.5 Å². The lowest BCUT2D eigenvalue weighted by Crippen LogP contribution is -3.00. The number of ketones is 1. The highest BCUT2D eigenvalue weighted by Gasteiger charge is 2.46. The molecule has 0 saturated heterocycles. The lowest BCUT2D eigenvalue weighted by Gasteiger charge is -2.27. The van der Waals surface area contributed by atoms with E-state index >= 15 is 0 Å². The van der Waals surface area contributed by atoms with Crippen LogP contribution in [-0.2, 0) is 4.79 Å². The molecule has 0 bridgehead atoms. The van der Waals surface area contributed by atoms with E-state index in [1.54, 1.807) is 28.3 Å². The summed E-state index contributed by atoms with van der Waals surface area (Å²) < 4.78 is 16.0. The molecule has 0 aliphatic heterocycles. The van der Waals surface area contributed by atoms with Crippen molar-refractivity contribution >= 4 is 29.0 Å². The van der Waals surface area contributed by atoms with Crippen LogP contribution in [0.4, 0.5) is 0 Å². The Bertz CT molecular complexity index is 838. The van der Waals surface area contributed by atoms with Crippen LogP contribution in [0, 0.1) is 0 Å². The van der Waals surface area contributed by atoms with Gasteiger partial charge in [-0.1, -0.05) is 0 Å². The van der Waals surface area contributed by atoms with E-state index in [1.165, 1.54) is 0 Å². The molecule has 0 heterocycles. The summed E-state index contributed by atoms with van der Waals surface area (Å²) in [5.74, 6) is 2.53. The van der Waals surface area contributed by atoms with Gasteiger partial charge in [-0.2, -0.15) is 0 Å². The molecule has 0 radical (unpaired) electrons. The van der Waals surface area contributed by atoms with Gasteiger partial charge in [-0.05, 0) is 79.7 Å². The van der Waals surface area contributed by atoms with Crippen LogP contribution in [0.3, 0.4) is 0 Å². The quantitative estimate of drug-likeness (QED) is 0.477. The number of carbonyl (C=O) groups is 1. The highest BCUT2D eigenvalue weighted by molar-refractivity contribution is 7.96. The van der Waals surface area contributed by atoms with Crippen molar-refractivity contribution < 1.29 is 31.4 Å². The first-order chi connectivity index (χ1) is 14.0. The van der Waals surface area contributed by atoms with Gasteiger partial charge in [-0.15, -0.1) is 0 Å². The predicted molar refractivity (Wildman–Crippen MR) is 120 cm³/mol. The lowest BCUT2D eigenvalue weighted by atomic mass is 10.3. The molecular weight excluding hydrogens is 419 g/mol. The third-order valence-corrected chi connectivity index (χ3v) is 9.46. The SMILES string of the molecule is COc1ccc([P+](CC(C)=O)(c2ccc(OC)cc2)c2ccc(OC)cc2)cc1.[Cl-]. The molecule has 6 heteroatoms. The minimum Gasteiger partial charge on any atom is -1.00 e. The number of halogens is 1. The summed E-state index contributed by atoms with van der Waals surface area (Å²) in [4.78, 5) is 12.5. The smallest absolute Gasteiger partial charge is 0.168 e. The normalized spacial score (nSPS) is 10.7. The number of methoxy groups -OCH3 is 3. The highest BCUT2D eigenvalue weighted by atomic mass is 35.5. The molecule has 0 fully saturated rings. The number of Topliss-reactive ketones (excluding diaryl/α,β-unsaturated/α-hetero) is 1. The Kier molecular flexibility index (Phi) is 8.28. The van der Waals surface area contributed by atoms with Crippen LogP contribution in [0.25, 0.3) is 0 Å². The van der Waals surface area contributed by atoms with Crippen LogP contribution in [0.2, 0.25) is 0 Å². The fraction of sp³-hybridized carbons (Fsp3) is 0.208. The van der Waals surface area contributed by atoms with Gasteiger partial charge >= 0.3 is 0 Å². The molecule has 0 saturated carbocycles. The van der Waals surface area contributed by atoms with E-state index in [1.807, 2.05) is 36.4 Å². The maximum Gasteiger partial charge on any atom is 0.168 e. The van der Waals surface area contributed by atoms with E-state index in [9.17, 15) is 4.79 Å². The average molecular weight is 445 g/mol. The topological polar surface area (TPSA) is 44.8 Å². The summed E-state index contributed by atoms with van der Waals surface area (Å²) in [6, 6.07) is 24.2. The summed E-state index contributed by atoms with van der Waals surface area (Å²) in [6.07, 6.45) is 0.442. The molecule has 0 aromatic heterocycles. The molecule has 4 nitrogen and oxygen atoms in total. The first-order valence-electron chi connectivity index (χ1n) is 9.35. The van der Waals surface area contributed by atoms with Gasteiger partial charge in [0.15, 0.2) is 5.78 Å². The van der Waals surface area contributed by atoms with Gasteiger partial charge in [-0.3, -0.25) is 4.79 Å². The van der Waals surface area contributed by atoms with E-state index in [0.717, 1.165) is 33.2 Å². The zero-order chi connectivity index (χ0) is 20.9. The third-order valence-electron chi connectivity index (χ3n) is 5.00. The molecule has 0 atom stereocenters. The second kappa shape index (κ2) is 10.5. The van der Waals surface area contributed by atoms with Gasteiger partial charge in [0.05, 0.1) is 21.3 Å². The Morgan fingerprint density at radius 1 is 0.633 bits per heavy atom. The Hall–Kier alpha value is -2.55. The van der Waals surface area contributed by atoms with Crippen molar-refractivity contribution in [1.82, 2.24) is 0 Å². The van der Waals surface area contributed by atoms with Crippen molar-refractivity contribution in [2.75, 3.05) is 27.5 Å². The second-order valence-electron chi connectivity index (χ2n) is 6.76. The number of ether oxygens (including phenoxy) is 3. The molecule has 0 unspecified atom stereocenters. The number of rotatable bonds is 8. The predicted octanol–water partition coefficient (Wildman–Crippen LogP) is 0.599. The fourth-order valence-corrected chi connectivity index (χ4v) is 7.65. The summed E-state index contributed by atoms with van der Waals surface area (Å²) in [7, 11) is 2.74. The van der Waals surface area contributed by atoms with Crippen molar-refractivity contribution in [2.45, 2.75) is 6.92 Å². The number of carbonyl (C=O) groups excluding carboxylic acids is 1. The van der Waals surface area contributed by atoms with Crippen molar-refractivity contribution in [1.29, 1.82) is 0 Å². The molecule has 3 aromatic carbocycles. The molecule has 0 spiro atoms. The van der Waals surface area contributed by atoms with Crippen LogP contribution in [0.15, 0.2) is 72.8 Å². The van der Waals surface area contributed by atoms with Gasteiger partial charge < -0.3 is 26.6 Å². The number of benzene rings is 3. The summed E-state index contributed by atoms with van der Waals surface area (Å²) in [6.45, 7) is 1.66. The Morgan fingerprint density at radius 2 is 0.900 bits per heavy atom. The van der Waals surface area contributed by atoms with Crippen LogP contribution in [0.1, 0.15) is 6.92 Å². The molecule has 30 heavy (non-hydrogen) atoms. The maximum atomic E-state index is 12.5. The lowest BCUT2D eigenvalue weighted by molar-refractivity contribution is -0.114. The molecule has 0 amide bonds. The first kappa shape index (κ1) is 23.7. The number of hydrogen-bond donors (Lipinski definition) is 0. The summed E-state index contributed by atoms with van der Waals surface area (Å²) in [5.41, 5.74) is 0. The second-order valence-corrected chi connectivity index (χ2v) is 10.2. The van der Waals surface area contributed by atoms with E-state index in [0.29, 0.717) is 6.16 Å². The standard InChI is InChI=1S/C24H26O4P.ClH/c1-18(25)17-29(22-11-5-19(26-2)6-12-22,23-13-7-20(27-3)8-14-23)24-15-9-21(28-4)10-16-24;/h5-16H,17H2,1-4H3;1H/q+1;/p-1. The van der Waals surface area contributed by atoms with Gasteiger partial charge in [0.2, 0.25) is 0 Å².